The monoisotopic (exact) mass is 823 g/mol. The maximum Gasteiger partial charge on any atom is 0.355 e. The largest absolute Gasteiger partial charge is 0.493 e. The smallest absolute Gasteiger partial charge is 0.355 e. The molecule has 2 N–H and O–H groups in total. The summed E-state index contributed by atoms with van der Waals surface area (Å²) in [6, 6.07) is 18.7. The van der Waals surface area contributed by atoms with E-state index in [1.165, 1.54) is 41.0 Å². The SMILES string of the molecule is CCOC(=O)c1c(CCCOc2cccc3cc(F)ccc23)c2ccc(Cl)c3c2n1CC(F)(F)CCN(S(=O)(=O)c1ccccc1NO)Cc1nn(C)c(CC)c1-3. The van der Waals surface area contributed by atoms with E-state index in [0.717, 1.165) is 9.69 Å². The third kappa shape index (κ3) is 7.56. The van der Waals surface area contributed by atoms with Crippen LogP contribution in [0.15, 0.2) is 77.7 Å². The molecule has 0 fully saturated rings. The third-order valence-electron chi connectivity index (χ3n) is 10.3. The fraction of sp³-hybridized carbons (Fsp3) is 0.317. The fourth-order valence-corrected chi connectivity index (χ4v) is 9.55. The molecule has 7 rings (SSSR count). The van der Waals surface area contributed by atoms with Crippen LogP contribution in [-0.2, 0) is 47.7 Å². The van der Waals surface area contributed by atoms with Crippen molar-refractivity contribution in [3.63, 3.8) is 0 Å². The van der Waals surface area contributed by atoms with E-state index in [1.54, 1.807) is 55.1 Å². The van der Waals surface area contributed by atoms with Crippen LogP contribution in [0.4, 0.5) is 18.9 Å². The standard InChI is InChI=1S/C41H41ClF3N5O6S/c1-4-33-37-32(46-48(33)3)23-49(57(53,54)35-14-7-6-12-31(35)47-52)20-19-41(44,45)24-50-38-29(17-18-30(42)36(37)38)28(39(50)40(51)55-5-2)11-9-21-56-34-13-8-10-25-22-26(43)15-16-27(25)34/h6-8,10,12-18,22,47,52H,4-5,9,11,19-21,23-24H2,1-3H3. The fourth-order valence-electron chi connectivity index (χ4n) is 7.75. The Bertz CT molecular complexity index is 2610. The molecule has 3 heterocycles. The van der Waals surface area contributed by atoms with E-state index >= 15 is 8.78 Å². The number of hydrogen-bond donors (Lipinski definition) is 2. The number of halogens is 4. The van der Waals surface area contributed by atoms with Gasteiger partial charge in [0.15, 0.2) is 0 Å². The van der Waals surface area contributed by atoms with E-state index in [9.17, 15) is 22.8 Å². The first-order chi connectivity index (χ1) is 27.3. The number of nitrogens with zero attached hydrogens (tertiary/aromatic N) is 4. The van der Waals surface area contributed by atoms with Gasteiger partial charge in [0, 0.05) is 47.6 Å². The summed E-state index contributed by atoms with van der Waals surface area (Å²) in [7, 11) is -2.79. The Kier molecular flexibility index (Phi) is 11.3. The molecule has 0 saturated carbocycles. The highest BCUT2D eigenvalue weighted by molar-refractivity contribution is 7.89. The molecule has 0 saturated heterocycles. The average molecular weight is 824 g/mol. The quantitative estimate of drug-likeness (QED) is 0.0755. The number of rotatable bonds is 11. The summed E-state index contributed by atoms with van der Waals surface area (Å²) in [6.07, 6.45) is 0.100. The van der Waals surface area contributed by atoms with Crippen molar-refractivity contribution in [2.24, 2.45) is 7.05 Å². The topological polar surface area (TPSA) is 128 Å². The van der Waals surface area contributed by atoms with Gasteiger partial charge in [0.1, 0.15) is 22.2 Å². The zero-order valence-corrected chi connectivity index (χ0v) is 33.1. The van der Waals surface area contributed by atoms with Crippen LogP contribution in [0.1, 0.15) is 54.1 Å². The van der Waals surface area contributed by atoms with Crippen molar-refractivity contribution >= 4 is 55.0 Å². The van der Waals surface area contributed by atoms with Gasteiger partial charge in [-0.15, -0.1) is 0 Å². The van der Waals surface area contributed by atoms with E-state index in [1.807, 2.05) is 12.4 Å². The van der Waals surface area contributed by atoms with Gasteiger partial charge in [0.2, 0.25) is 10.0 Å². The predicted molar refractivity (Wildman–Crippen MR) is 211 cm³/mol. The Balaban J connectivity index is 1.38. The molecule has 57 heavy (non-hydrogen) atoms. The number of ether oxygens (including phenoxy) is 2. The first-order valence-electron chi connectivity index (χ1n) is 18.5. The number of hydrogen-bond acceptors (Lipinski definition) is 8. The number of para-hydroxylation sites is 1. The molecule has 0 unspecified atom stereocenters. The van der Waals surface area contributed by atoms with Gasteiger partial charge >= 0.3 is 5.97 Å². The Morgan fingerprint density at radius 3 is 2.56 bits per heavy atom. The average Bonchev–Trinajstić information content (AvgIpc) is 3.65. The lowest BCUT2D eigenvalue weighted by Crippen LogP contribution is -2.36. The molecule has 0 bridgehead atoms. The van der Waals surface area contributed by atoms with Gasteiger partial charge in [-0.1, -0.05) is 48.9 Å². The lowest BCUT2D eigenvalue weighted by Gasteiger charge is -2.25. The number of carbonyl (C=O) groups excluding carboxylic acids is 1. The minimum Gasteiger partial charge on any atom is -0.493 e. The number of aromatic nitrogens is 3. The van der Waals surface area contributed by atoms with Crippen LogP contribution in [0.25, 0.3) is 32.8 Å². The van der Waals surface area contributed by atoms with E-state index in [2.05, 4.69) is 0 Å². The molecule has 11 nitrogen and oxygen atoms in total. The number of sulfonamides is 1. The molecule has 16 heteroatoms. The molecule has 4 aromatic carbocycles. The van der Waals surface area contributed by atoms with E-state index in [-0.39, 0.29) is 58.0 Å². The molecular weight excluding hydrogens is 783 g/mol. The number of esters is 1. The first-order valence-corrected chi connectivity index (χ1v) is 20.3. The summed E-state index contributed by atoms with van der Waals surface area (Å²) in [4.78, 5) is 13.6. The Morgan fingerprint density at radius 2 is 1.81 bits per heavy atom. The van der Waals surface area contributed by atoms with Crippen molar-refractivity contribution in [1.29, 1.82) is 0 Å². The van der Waals surface area contributed by atoms with Gasteiger partial charge in [-0.25, -0.2) is 26.4 Å². The second-order valence-electron chi connectivity index (χ2n) is 13.8. The minimum absolute atomic E-state index is 0.0156. The first kappa shape index (κ1) is 40.1. The molecule has 0 radical (unpaired) electrons. The summed E-state index contributed by atoms with van der Waals surface area (Å²) in [5.41, 5.74) is 4.18. The summed E-state index contributed by atoms with van der Waals surface area (Å²) < 4.78 is 91.0. The van der Waals surface area contributed by atoms with Crippen molar-refractivity contribution in [3.05, 3.63) is 106 Å². The number of benzene rings is 4. The normalized spacial score (nSPS) is 14.7. The second kappa shape index (κ2) is 16.0. The number of aryl methyl sites for hydroxylation is 2. The van der Waals surface area contributed by atoms with E-state index < -0.39 is 48.0 Å². The highest BCUT2D eigenvalue weighted by Crippen LogP contribution is 2.45. The van der Waals surface area contributed by atoms with Crippen molar-refractivity contribution in [3.8, 4) is 16.9 Å². The number of alkyl halides is 2. The molecule has 6 aromatic rings. The Hall–Kier alpha value is -5.09. The number of fused-ring (bicyclic) bond motifs is 3. The molecule has 0 amide bonds. The molecule has 2 aromatic heterocycles. The molecule has 0 spiro atoms. The summed E-state index contributed by atoms with van der Waals surface area (Å²) >= 11 is 7.06. The number of carbonyl (C=O) groups is 1. The van der Waals surface area contributed by atoms with Gasteiger partial charge < -0.3 is 14.0 Å². The molecule has 1 aliphatic heterocycles. The second-order valence-corrected chi connectivity index (χ2v) is 16.1. The van der Waals surface area contributed by atoms with Crippen LogP contribution in [0.3, 0.4) is 0 Å². The highest BCUT2D eigenvalue weighted by atomic mass is 35.5. The molecule has 0 atom stereocenters. The van der Waals surface area contributed by atoms with Crippen molar-refractivity contribution in [2.45, 2.75) is 63.4 Å². The van der Waals surface area contributed by atoms with Crippen LogP contribution >= 0.6 is 11.6 Å². The third-order valence-corrected chi connectivity index (χ3v) is 12.5. The molecule has 300 valence electrons. The summed E-state index contributed by atoms with van der Waals surface area (Å²) in [5, 5.41) is 16.6. The van der Waals surface area contributed by atoms with E-state index in [0.29, 0.717) is 51.7 Å². The lowest BCUT2D eigenvalue weighted by atomic mass is 9.97. The van der Waals surface area contributed by atoms with Crippen LogP contribution < -0.4 is 10.2 Å². The Morgan fingerprint density at radius 1 is 1.04 bits per heavy atom. The van der Waals surface area contributed by atoms with Gasteiger partial charge in [-0.05, 0) is 79.6 Å². The molecule has 0 aliphatic carbocycles. The number of nitrogens with one attached hydrogen (secondary N) is 1. The lowest BCUT2D eigenvalue weighted by molar-refractivity contribution is -0.0275. The zero-order chi connectivity index (χ0) is 40.6. The molecular formula is C41H41ClF3N5O6S. The minimum atomic E-state index is -4.50. The number of anilines is 1. The van der Waals surface area contributed by atoms with Crippen LogP contribution in [-0.4, -0.2) is 63.9 Å². The van der Waals surface area contributed by atoms with Gasteiger partial charge in [-0.2, -0.15) is 9.40 Å². The maximum absolute atomic E-state index is 16.5. The van der Waals surface area contributed by atoms with Gasteiger partial charge in [0.05, 0.1) is 48.2 Å². The zero-order valence-electron chi connectivity index (χ0n) is 31.5. The van der Waals surface area contributed by atoms with Crippen LogP contribution in [0.2, 0.25) is 5.02 Å². The highest BCUT2D eigenvalue weighted by Gasteiger charge is 2.40. The predicted octanol–water partition coefficient (Wildman–Crippen LogP) is 8.77. The van der Waals surface area contributed by atoms with Gasteiger partial charge in [0.25, 0.3) is 5.92 Å². The van der Waals surface area contributed by atoms with Crippen molar-refractivity contribution < 1.29 is 41.1 Å². The van der Waals surface area contributed by atoms with Crippen LogP contribution in [0.5, 0.6) is 5.75 Å². The van der Waals surface area contributed by atoms with Crippen LogP contribution in [0, 0.1) is 5.82 Å². The summed E-state index contributed by atoms with van der Waals surface area (Å²) in [5.74, 6) is -4.17. The Labute approximate surface area is 332 Å². The molecule has 1 aliphatic rings. The van der Waals surface area contributed by atoms with Crippen molar-refractivity contribution in [2.75, 3.05) is 25.2 Å². The van der Waals surface area contributed by atoms with Gasteiger partial charge in [-0.3, -0.25) is 15.4 Å². The van der Waals surface area contributed by atoms with Crippen molar-refractivity contribution in [1.82, 2.24) is 18.7 Å². The maximum atomic E-state index is 16.5. The van der Waals surface area contributed by atoms with E-state index in [4.69, 9.17) is 26.2 Å². The summed E-state index contributed by atoms with van der Waals surface area (Å²) in [6.45, 7) is 1.68.